The molecule has 0 aliphatic rings. The zero-order valence-corrected chi connectivity index (χ0v) is 7.79. The summed E-state index contributed by atoms with van der Waals surface area (Å²) in [7, 11) is 0. The third-order valence-electron chi connectivity index (χ3n) is 2.22. The van der Waals surface area contributed by atoms with Crippen LogP contribution in [0.2, 0.25) is 0 Å². The molecule has 0 aliphatic carbocycles. The SMILES string of the molecule is C[C@@H](c1ccccc1)[C@H](C=O)[N+](=O)[O-]. The first kappa shape index (κ1) is 10.4. The molecule has 1 rings (SSSR count). The first-order valence-electron chi connectivity index (χ1n) is 4.30. The maximum absolute atomic E-state index is 10.5. The van der Waals surface area contributed by atoms with E-state index in [0.717, 1.165) is 5.56 Å². The summed E-state index contributed by atoms with van der Waals surface area (Å²) in [6.45, 7) is 1.68. The summed E-state index contributed by atoms with van der Waals surface area (Å²) < 4.78 is 0. The Hall–Kier alpha value is -1.71. The molecular formula is C10H11NO3. The minimum absolute atomic E-state index is 0.385. The average molecular weight is 193 g/mol. The number of nitrogens with zero attached hydrogens (tertiary/aromatic N) is 1. The molecule has 1 aromatic rings. The maximum atomic E-state index is 10.5. The Morgan fingerprint density at radius 1 is 1.36 bits per heavy atom. The van der Waals surface area contributed by atoms with Gasteiger partial charge in [-0.2, -0.15) is 0 Å². The van der Waals surface area contributed by atoms with E-state index < -0.39 is 11.0 Å². The second-order valence-corrected chi connectivity index (χ2v) is 3.11. The molecule has 2 atom stereocenters. The Balaban J connectivity index is 2.88. The smallest absolute Gasteiger partial charge is 0.273 e. The lowest BCUT2D eigenvalue weighted by atomic mass is 9.95. The van der Waals surface area contributed by atoms with Gasteiger partial charge in [0.2, 0.25) is 0 Å². The molecule has 0 radical (unpaired) electrons. The highest BCUT2D eigenvalue weighted by Crippen LogP contribution is 2.19. The molecule has 0 aromatic heterocycles. The molecule has 74 valence electrons. The lowest BCUT2D eigenvalue weighted by Crippen LogP contribution is -2.27. The molecule has 0 heterocycles. The second-order valence-electron chi connectivity index (χ2n) is 3.11. The van der Waals surface area contributed by atoms with Crippen molar-refractivity contribution in [2.75, 3.05) is 0 Å². The van der Waals surface area contributed by atoms with Crippen LogP contribution in [0.5, 0.6) is 0 Å². The van der Waals surface area contributed by atoms with Crippen LogP contribution in [-0.2, 0) is 4.79 Å². The fraction of sp³-hybridized carbons (Fsp3) is 0.300. The molecule has 0 fully saturated rings. The highest BCUT2D eigenvalue weighted by Gasteiger charge is 2.28. The van der Waals surface area contributed by atoms with Gasteiger partial charge in [-0.15, -0.1) is 0 Å². The van der Waals surface area contributed by atoms with Gasteiger partial charge in [-0.25, -0.2) is 0 Å². The van der Waals surface area contributed by atoms with Gasteiger partial charge in [-0.3, -0.25) is 14.9 Å². The van der Waals surface area contributed by atoms with E-state index in [1.807, 2.05) is 6.07 Å². The Kier molecular flexibility index (Phi) is 3.34. The molecule has 0 aliphatic heterocycles. The Morgan fingerprint density at radius 3 is 2.36 bits per heavy atom. The molecule has 1 aromatic carbocycles. The highest BCUT2D eigenvalue weighted by atomic mass is 16.6. The first-order chi connectivity index (χ1) is 6.66. The van der Waals surface area contributed by atoms with Gasteiger partial charge >= 0.3 is 0 Å². The van der Waals surface area contributed by atoms with Gasteiger partial charge in [0.05, 0.1) is 5.92 Å². The van der Waals surface area contributed by atoms with Crippen molar-refractivity contribution in [2.45, 2.75) is 18.9 Å². The van der Waals surface area contributed by atoms with Crippen LogP contribution in [0.1, 0.15) is 18.4 Å². The fourth-order valence-electron chi connectivity index (χ4n) is 1.30. The van der Waals surface area contributed by atoms with Gasteiger partial charge in [0.15, 0.2) is 6.29 Å². The third-order valence-corrected chi connectivity index (χ3v) is 2.22. The number of rotatable bonds is 4. The Morgan fingerprint density at radius 2 is 1.93 bits per heavy atom. The predicted octanol–water partition coefficient (Wildman–Crippen LogP) is 1.63. The lowest BCUT2D eigenvalue weighted by Gasteiger charge is -2.11. The zero-order valence-electron chi connectivity index (χ0n) is 7.79. The summed E-state index contributed by atoms with van der Waals surface area (Å²) in [6, 6.07) is 7.84. The van der Waals surface area contributed by atoms with Crippen LogP contribution in [0.25, 0.3) is 0 Å². The lowest BCUT2D eigenvalue weighted by molar-refractivity contribution is -0.508. The third kappa shape index (κ3) is 2.16. The molecule has 0 saturated heterocycles. The van der Waals surface area contributed by atoms with Crippen molar-refractivity contribution in [1.82, 2.24) is 0 Å². The number of nitro groups is 1. The van der Waals surface area contributed by atoms with Crippen LogP contribution < -0.4 is 0 Å². The normalized spacial score (nSPS) is 14.4. The minimum atomic E-state index is -1.16. The summed E-state index contributed by atoms with van der Waals surface area (Å²) in [5.41, 5.74) is 0.807. The number of aldehydes is 1. The van der Waals surface area contributed by atoms with Crippen molar-refractivity contribution in [3.05, 3.63) is 46.0 Å². The van der Waals surface area contributed by atoms with Crippen LogP contribution >= 0.6 is 0 Å². The predicted molar refractivity (Wildman–Crippen MR) is 51.7 cm³/mol. The van der Waals surface area contributed by atoms with Crippen molar-refractivity contribution in [3.63, 3.8) is 0 Å². The molecule has 14 heavy (non-hydrogen) atoms. The fourth-order valence-corrected chi connectivity index (χ4v) is 1.30. The van der Waals surface area contributed by atoms with Crippen LogP contribution in [0.15, 0.2) is 30.3 Å². The summed E-state index contributed by atoms with van der Waals surface area (Å²) in [5, 5.41) is 10.5. The van der Waals surface area contributed by atoms with Gasteiger partial charge in [0.25, 0.3) is 6.04 Å². The van der Waals surface area contributed by atoms with Crippen LogP contribution in [0, 0.1) is 10.1 Å². The molecule has 0 N–H and O–H groups in total. The Bertz CT molecular complexity index is 323. The quantitative estimate of drug-likeness (QED) is 0.415. The second kappa shape index (κ2) is 4.50. The van der Waals surface area contributed by atoms with Crippen LogP contribution in [-0.4, -0.2) is 17.3 Å². The monoisotopic (exact) mass is 193 g/mol. The van der Waals surface area contributed by atoms with Gasteiger partial charge in [-0.05, 0) is 5.56 Å². The summed E-state index contributed by atoms with van der Waals surface area (Å²) in [5.74, 6) is -0.385. The first-order valence-corrected chi connectivity index (χ1v) is 4.30. The van der Waals surface area contributed by atoms with E-state index in [-0.39, 0.29) is 5.92 Å². The van der Waals surface area contributed by atoms with Gasteiger partial charge in [-0.1, -0.05) is 37.3 Å². The van der Waals surface area contributed by atoms with Gasteiger partial charge in [0.1, 0.15) is 0 Å². The molecular weight excluding hydrogens is 182 g/mol. The number of benzene rings is 1. The molecule has 0 spiro atoms. The van der Waals surface area contributed by atoms with E-state index in [4.69, 9.17) is 0 Å². The van der Waals surface area contributed by atoms with E-state index in [2.05, 4.69) is 0 Å². The number of carbonyl (C=O) groups is 1. The van der Waals surface area contributed by atoms with Crippen LogP contribution in [0.4, 0.5) is 0 Å². The molecule has 4 heteroatoms. The number of hydrogen-bond donors (Lipinski definition) is 0. The van der Waals surface area contributed by atoms with E-state index in [9.17, 15) is 14.9 Å². The van der Waals surface area contributed by atoms with E-state index in [1.54, 1.807) is 31.2 Å². The Labute approximate surface area is 81.7 Å². The molecule has 0 saturated carbocycles. The largest absolute Gasteiger partial charge is 0.296 e. The standard InChI is InChI=1S/C10H11NO3/c1-8(10(7-12)11(13)14)9-5-3-2-4-6-9/h2-8,10H,1H3/t8-,10-/m0/s1. The molecule has 0 amide bonds. The zero-order chi connectivity index (χ0) is 10.6. The molecule has 4 nitrogen and oxygen atoms in total. The van der Waals surface area contributed by atoms with Crippen molar-refractivity contribution < 1.29 is 9.72 Å². The van der Waals surface area contributed by atoms with Gasteiger partial charge in [0, 0.05) is 4.92 Å². The average Bonchev–Trinajstić information content (AvgIpc) is 2.19. The van der Waals surface area contributed by atoms with Crippen molar-refractivity contribution in [2.24, 2.45) is 0 Å². The van der Waals surface area contributed by atoms with Crippen LogP contribution in [0.3, 0.4) is 0 Å². The van der Waals surface area contributed by atoms with E-state index in [0.29, 0.717) is 6.29 Å². The molecule has 0 bridgehead atoms. The van der Waals surface area contributed by atoms with Crippen molar-refractivity contribution >= 4 is 6.29 Å². The molecule has 0 unspecified atom stereocenters. The number of hydrogen-bond acceptors (Lipinski definition) is 3. The van der Waals surface area contributed by atoms with Crippen molar-refractivity contribution in [3.8, 4) is 0 Å². The summed E-state index contributed by atoms with van der Waals surface area (Å²) >= 11 is 0. The summed E-state index contributed by atoms with van der Waals surface area (Å²) in [6.07, 6.45) is 0.387. The minimum Gasteiger partial charge on any atom is -0.296 e. The maximum Gasteiger partial charge on any atom is 0.273 e. The van der Waals surface area contributed by atoms with Gasteiger partial charge < -0.3 is 0 Å². The van der Waals surface area contributed by atoms with Crippen molar-refractivity contribution in [1.29, 1.82) is 0 Å². The topological polar surface area (TPSA) is 60.2 Å². The number of carbonyl (C=O) groups excluding carboxylic acids is 1. The summed E-state index contributed by atoms with van der Waals surface area (Å²) in [4.78, 5) is 20.5. The highest BCUT2D eigenvalue weighted by molar-refractivity contribution is 5.58. The van der Waals surface area contributed by atoms with E-state index in [1.165, 1.54) is 0 Å². The van der Waals surface area contributed by atoms with E-state index >= 15 is 0 Å².